The van der Waals surface area contributed by atoms with E-state index < -0.39 is 0 Å². The summed E-state index contributed by atoms with van der Waals surface area (Å²) in [4.78, 5) is 0.578. The van der Waals surface area contributed by atoms with Crippen molar-refractivity contribution in [3.8, 4) is 0 Å². The van der Waals surface area contributed by atoms with Crippen LogP contribution in [0, 0.1) is 30.1 Å². The standard InChI is InChI=1S/C18H23Br/c1-12-2-4-16(5-3-12)17(19)18-9-13-6-14(10-18)8-15(7-13)11-18/h2-5,13-15,17H,6-11H2,1H3. The highest BCUT2D eigenvalue weighted by molar-refractivity contribution is 9.09. The molecule has 1 unspecified atom stereocenters. The summed E-state index contributed by atoms with van der Waals surface area (Å²) in [5.41, 5.74) is 3.45. The fourth-order valence-electron chi connectivity index (χ4n) is 5.58. The zero-order chi connectivity index (χ0) is 13.0. The summed E-state index contributed by atoms with van der Waals surface area (Å²) in [6.07, 6.45) is 9.03. The first-order chi connectivity index (χ1) is 9.14. The zero-order valence-electron chi connectivity index (χ0n) is 11.7. The lowest BCUT2D eigenvalue weighted by atomic mass is 9.48. The van der Waals surface area contributed by atoms with Gasteiger partial charge in [0.1, 0.15) is 0 Å². The Morgan fingerprint density at radius 3 is 1.89 bits per heavy atom. The molecule has 1 atom stereocenters. The van der Waals surface area contributed by atoms with Crippen LogP contribution < -0.4 is 0 Å². The molecule has 0 aromatic heterocycles. The van der Waals surface area contributed by atoms with Gasteiger partial charge in [-0.15, -0.1) is 0 Å². The third kappa shape index (κ3) is 2.00. The van der Waals surface area contributed by atoms with Gasteiger partial charge in [-0.3, -0.25) is 0 Å². The van der Waals surface area contributed by atoms with E-state index in [4.69, 9.17) is 0 Å². The summed E-state index contributed by atoms with van der Waals surface area (Å²) in [5, 5.41) is 0. The van der Waals surface area contributed by atoms with Crippen LogP contribution in [-0.2, 0) is 0 Å². The molecule has 0 heterocycles. The van der Waals surface area contributed by atoms with E-state index >= 15 is 0 Å². The van der Waals surface area contributed by atoms with E-state index in [-0.39, 0.29) is 0 Å². The monoisotopic (exact) mass is 318 g/mol. The van der Waals surface area contributed by atoms with E-state index in [1.807, 2.05) is 0 Å². The SMILES string of the molecule is Cc1ccc(C(Br)C23CC4CC(CC(C4)C2)C3)cc1. The first kappa shape index (κ1) is 12.4. The Hall–Kier alpha value is -0.300. The van der Waals surface area contributed by atoms with E-state index in [0.717, 1.165) is 17.8 Å². The van der Waals surface area contributed by atoms with Crippen LogP contribution >= 0.6 is 15.9 Å². The molecule has 4 saturated carbocycles. The predicted molar refractivity (Wildman–Crippen MR) is 83.5 cm³/mol. The minimum absolute atomic E-state index is 0.573. The van der Waals surface area contributed by atoms with Gasteiger partial charge in [-0.1, -0.05) is 45.8 Å². The molecular formula is C18H23Br. The maximum atomic E-state index is 4.10. The Bertz CT molecular complexity index is 438. The molecule has 0 saturated heterocycles. The Kier molecular flexibility index (Phi) is 2.85. The summed E-state index contributed by atoms with van der Waals surface area (Å²) >= 11 is 4.10. The summed E-state index contributed by atoms with van der Waals surface area (Å²) in [7, 11) is 0. The minimum atomic E-state index is 0.573. The van der Waals surface area contributed by atoms with Gasteiger partial charge in [-0.2, -0.15) is 0 Å². The highest BCUT2D eigenvalue weighted by Crippen LogP contribution is 2.65. The Morgan fingerprint density at radius 1 is 0.947 bits per heavy atom. The van der Waals surface area contributed by atoms with Crippen LogP contribution in [0.4, 0.5) is 0 Å². The topological polar surface area (TPSA) is 0 Å². The third-order valence-corrected chi connectivity index (χ3v) is 7.49. The summed E-state index contributed by atoms with van der Waals surface area (Å²) in [6, 6.07) is 9.22. The summed E-state index contributed by atoms with van der Waals surface area (Å²) in [5.74, 6) is 3.12. The number of alkyl halides is 1. The van der Waals surface area contributed by atoms with E-state index in [0.29, 0.717) is 10.2 Å². The summed E-state index contributed by atoms with van der Waals surface area (Å²) in [6.45, 7) is 2.18. The van der Waals surface area contributed by atoms with Gasteiger partial charge in [-0.25, -0.2) is 0 Å². The van der Waals surface area contributed by atoms with Gasteiger partial charge in [0, 0.05) is 4.83 Å². The van der Waals surface area contributed by atoms with Crippen LogP contribution in [0.3, 0.4) is 0 Å². The zero-order valence-corrected chi connectivity index (χ0v) is 13.3. The first-order valence-electron chi connectivity index (χ1n) is 7.85. The molecule has 0 nitrogen and oxygen atoms in total. The molecule has 0 N–H and O–H groups in total. The van der Waals surface area contributed by atoms with Gasteiger partial charge in [-0.05, 0) is 74.2 Å². The molecule has 4 aliphatic rings. The maximum absolute atomic E-state index is 4.10. The average molecular weight is 319 g/mol. The van der Waals surface area contributed by atoms with Crippen molar-refractivity contribution in [2.75, 3.05) is 0 Å². The quantitative estimate of drug-likeness (QED) is 0.618. The number of hydrogen-bond donors (Lipinski definition) is 0. The Morgan fingerprint density at radius 2 is 1.42 bits per heavy atom. The number of halogens is 1. The lowest BCUT2D eigenvalue weighted by Crippen LogP contribution is -2.47. The van der Waals surface area contributed by atoms with Crippen LogP contribution in [0.1, 0.15) is 54.5 Å². The molecule has 19 heavy (non-hydrogen) atoms. The molecule has 0 spiro atoms. The highest BCUT2D eigenvalue weighted by atomic mass is 79.9. The smallest absolute Gasteiger partial charge is 0.0451 e. The molecule has 1 aromatic carbocycles. The minimum Gasteiger partial charge on any atom is -0.0833 e. The Labute approximate surface area is 125 Å². The van der Waals surface area contributed by atoms with Crippen LogP contribution in [-0.4, -0.2) is 0 Å². The number of rotatable bonds is 2. The average Bonchev–Trinajstić information content (AvgIpc) is 2.37. The van der Waals surface area contributed by atoms with Crippen molar-refractivity contribution in [1.82, 2.24) is 0 Å². The largest absolute Gasteiger partial charge is 0.0833 e. The predicted octanol–water partition coefficient (Wildman–Crippen LogP) is 5.65. The lowest BCUT2D eigenvalue weighted by molar-refractivity contribution is -0.0528. The maximum Gasteiger partial charge on any atom is 0.0451 e. The highest BCUT2D eigenvalue weighted by Gasteiger charge is 2.53. The van der Waals surface area contributed by atoms with Crippen molar-refractivity contribution in [1.29, 1.82) is 0 Å². The number of hydrogen-bond acceptors (Lipinski definition) is 0. The van der Waals surface area contributed by atoms with Crippen molar-refractivity contribution in [2.45, 2.75) is 50.3 Å². The van der Waals surface area contributed by atoms with E-state index in [1.165, 1.54) is 49.7 Å². The second-order valence-corrected chi connectivity index (χ2v) is 8.47. The number of aryl methyl sites for hydroxylation is 1. The van der Waals surface area contributed by atoms with Crippen LogP contribution in [0.25, 0.3) is 0 Å². The Balaban J connectivity index is 1.65. The third-order valence-electron chi connectivity index (χ3n) is 5.99. The van der Waals surface area contributed by atoms with Gasteiger partial charge in [0.2, 0.25) is 0 Å². The van der Waals surface area contributed by atoms with Crippen LogP contribution in [0.5, 0.6) is 0 Å². The molecule has 1 aromatic rings. The fraction of sp³-hybridized carbons (Fsp3) is 0.667. The molecule has 5 rings (SSSR count). The van der Waals surface area contributed by atoms with Crippen molar-refractivity contribution >= 4 is 15.9 Å². The van der Waals surface area contributed by atoms with Gasteiger partial charge in [0.15, 0.2) is 0 Å². The molecule has 4 bridgehead atoms. The molecule has 0 aliphatic heterocycles. The van der Waals surface area contributed by atoms with Crippen molar-refractivity contribution < 1.29 is 0 Å². The van der Waals surface area contributed by atoms with E-state index in [9.17, 15) is 0 Å². The molecule has 1 heteroatoms. The molecule has 4 aliphatic carbocycles. The fourth-order valence-corrected chi connectivity index (χ4v) is 6.44. The molecule has 4 fully saturated rings. The molecular weight excluding hydrogens is 296 g/mol. The first-order valence-corrected chi connectivity index (χ1v) is 8.77. The van der Waals surface area contributed by atoms with E-state index in [1.54, 1.807) is 0 Å². The van der Waals surface area contributed by atoms with Gasteiger partial charge >= 0.3 is 0 Å². The summed E-state index contributed by atoms with van der Waals surface area (Å²) < 4.78 is 0. The van der Waals surface area contributed by atoms with E-state index in [2.05, 4.69) is 47.1 Å². The van der Waals surface area contributed by atoms with Crippen molar-refractivity contribution in [3.05, 3.63) is 35.4 Å². The normalized spacial score (nSPS) is 41.5. The van der Waals surface area contributed by atoms with Gasteiger partial charge in [0.25, 0.3) is 0 Å². The second kappa shape index (κ2) is 4.35. The molecule has 0 radical (unpaired) electrons. The van der Waals surface area contributed by atoms with Crippen molar-refractivity contribution in [2.24, 2.45) is 23.2 Å². The second-order valence-electron chi connectivity index (χ2n) is 7.55. The van der Waals surface area contributed by atoms with Gasteiger partial charge in [0.05, 0.1) is 0 Å². The van der Waals surface area contributed by atoms with Gasteiger partial charge < -0.3 is 0 Å². The van der Waals surface area contributed by atoms with Crippen LogP contribution in [0.2, 0.25) is 0 Å². The number of benzene rings is 1. The molecule has 0 amide bonds. The lowest BCUT2D eigenvalue weighted by Gasteiger charge is -2.58. The van der Waals surface area contributed by atoms with Crippen molar-refractivity contribution in [3.63, 3.8) is 0 Å². The molecule has 102 valence electrons. The van der Waals surface area contributed by atoms with Crippen LogP contribution in [0.15, 0.2) is 24.3 Å².